The second-order valence-electron chi connectivity index (χ2n) is 5.19. The van der Waals surface area contributed by atoms with Crippen LogP contribution in [0.2, 0.25) is 0 Å². The number of epoxide rings is 1. The quantitative estimate of drug-likeness (QED) is 0.555. The van der Waals surface area contributed by atoms with Crippen LogP contribution < -0.4 is 9.47 Å². The average Bonchev–Trinajstić information content (AvgIpc) is 3.35. The lowest BCUT2D eigenvalue weighted by Gasteiger charge is -2.07. The summed E-state index contributed by atoms with van der Waals surface area (Å²) in [5, 5.41) is 0. The van der Waals surface area contributed by atoms with Crippen LogP contribution in [-0.4, -0.2) is 33.2 Å². The van der Waals surface area contributed by atoms with E-state index >= 15 is 0 Å². The Morgan fingerprint density at radius 1 is 0.909 bits per heavy atom. The van der Waals surface area contributed by atoms with E-state index in [4.69, 9.17) is 18.9 Å². The normalized spacial score (nSPS) is 16.3. The van der Waals surface area contributed by atoms with Crippen molar-refractivity contribution in [1.82, 2.24) is 0 Å². The zero-order chi connectivity index (χ0) is 15.2. The molecule has 0 aromatic heterocycles. The SMILES string of the molecule is COCCOc1ccc(Cc2ccc(OC3CO3)cc2)cc1. The van der Waals surface area contributed by atoms with E-state index in [2.05, 4.69) is 24.3 Å². The van der Waals surface area contributed by atoms with Crippen LogP contribution >= 0.6 is 0 Å². The molecule has 0 radical (unpaired) electrons. The van der Waals surface area contributed by atoms with E-state index in [1.54, 1.807) is 7.11 Å². The molecule has 0 bridgehead atoms. The lowest BCUT2D eigenvalue weighted by atomic mass is 10.0. The average molecular weight is 300 g/mol. The Labute approximate surface area is 130 Å². The van der Waals surface area contributed by atoms with Gasteiger partial charge in [-0.1, -0.05) is 24.3 Å². The van der Waals surface area contributed by atoms with Gasteiger partial charge >= 0.3 is 0 Å². The highest BCUT2D eigenvalue weighted by Crippen LogP contribution is 2.21. The van der Waals surface area contributed by atoms with E-state index in [1.165, 1.54) is 11.1 Å². The van der Waals surface area contributed by atoms with E-state index in [9.17, 15) is 0 Å². The van der Waals surface area contributed by atoms with Crippen molar-refractivity contribution >= 4 is 0 Å². The molecule has 1 fully saturated rings. The summed E-state index contributed by atoms with van der Waals surface area (Å²) < 4.78 is 21.1. The topological polar surface area (TPSA) is 40.2 Å². The predicted molar refractivity (Wildman–Crippen MR) is 83.4 cm³/mol. The smallest absolute Gasteiger partial charge is 0.223 e. The van der Waals surface area contributed by atoms with Crippen molar-refractivity contribution in [1.29, 1.82) is 0 Å². The first-order chi connectivity index (χ1) is 10.8. The van der Waals surface area contributed by atoms with Crippen LogP contribution in [0.3, 0.4) is 0 Å². The second-order valence-corrected chi connectivity index (χ2v) is 5.19. The summed E-state index contributed by atoms with van der Waals surface area (Å²) in [6.07, 6.45) is 0.843. The molecule has 4 nitrogen and oxygen atoms in total. The van der Waals surface area contributed by atoms with Crippen molar-refractivity contribution in [2.45, 2.75) is 12.7 Å². The summed E-state index contributed by atoms with van der Waals surface area (Å²) in [5.74, 6) is 1.72. The van der Waals surface area contributed by atoms with Gasteiger partial charge in [0.15, 0.2) is 0 Å². The maximum Gasteiger partial charge on any atom is 0.223 e. The number of ether oxygens (including phenoxy) is 4. The van der Waals surface area contributed by atoms with E-state index in [0.29, 0.717) is 19.8 Å². The van der Waals surface area contributed by atoms with Crippen molar-refractivity contribution < 1.29 is 18.9 Å². The van der Waals surface area contributed by atoms with Gasteiger partial charge in [-0.25, -0.2) is 0 Å². The summed E-state index contributed by atoms with van der Waals surface area (Å²) in [4.78, 5) is 0. The molecular formula is C18H20O4. The zero-order valence-electron chi connectivity index (χ0n) is 12.7. The minimum atomic E-state index is -0.0449. The molecule has 0 amide bonds. The van der Waals surface area contributed by atoms with Crippen LogP contribution in [0.25, 0.3) is 0 Å². The second kappa shape index (κ2) is 7.29. The van der Waals surface area contributed by atoms with Gasteiger partial charge in [-0.3, -0.25) is 0 Å². The standard InChI is InChI=1S/C18H20O4/c1-19-10-11-20-16-6-2-14(3-7-16)12-15-4-8-17(9-5-15)22-18-13-21-18/h2-9,18H,10-13H2,1H3. The number of benzene rings is 2. The lowest BCUT2D eigenvalue weighted by Crippen LogP contribution is -2.04. The zero-order valence-corrected chi connectivity index (χ0v) is 12.7. The minimum Gasteiger partial charge on any atom is -0.491 e. The van der Waals surface area contributed by atoms with Gasteiger partial charge in [0.1, 0.15) is 24.7 Å². The molecule has 1 atom stereocenters. The number of rotatable bonds is 8. The summed E-state index contributed by atoms with van der Waals surface area (Å²) in [6.45, 7) is 1.87. The molecule has 1 heterocycles. The van der Waals surface area contributed by atoms with Gasteiger partial charge < -0.3 is 18.9 Å². The molecule has 1 saturated heterocycles. The monoisotopic (exact) mass is 300 g/mol. The Morgan fingerprint density at radius 2 is 1.50 bits per heavy atom. The first-order valence-electron chi connectivity index (χ1n) is 7.41. The van der Waals surface area contributed by atoms with Crippen molar-refractivity contribution in [2.75, 3.05) is 26.9 Å². The van der Waals surface area contributed by atoms with Crippen LogP contribution in [0, 0.1) is 0 Å². The molecule has 1 aliphatic heterocycles. The van der Waals surface area contributed by atoms with E-state index in [-0.39, 0.29) is 6.29 Å². The third-order valence-corrected chi connectivity index (χ3v) is 3.38. The highest BCUT2D eigenvalue weighted by atomic mass is 16.8. The molecule has 0 aliphatic carbocycles. The van der Waals surface area contributed by atoms with Gasteiger partial charge in [0.25, 0.3) is 0 Å². The van der Waals surface area contributed by atoms with Crippen molar-refractivity contribution in [3.8, 4) is 11.5 Å². The van der Waals surface area contributed by atoms with Crippen molar-refractivity contribution in [3.63, 3.8) is 0 Å². The summed E-state index contributed by atoms with van der Waals surface area (Å²) >= 11 is 0. The first kappa shape index (κ1) is 14.9. The fourth-order valence-corrected chi connectivity index (χ4v) is 2.13. The van der Waals surface area contributed by atoms with Gasteiger partial charge in [-0.2, -0.15) is 0 Å². The van der Waals surface area contributed by atoms with Crippen molar-refractivity contribution in [3.05, 3.63) is 59.7 Å². The predicted octanol–water partition coefficient (Wildman–Crippen LogP) is 3.04. The molecule has 1 unspecified atom stereocenters. The fraction of sp³-hybridized carbons (Fsp3) is 0.333. The Bertz CT molecular complexity index is 573. The molecule has 4 heteroatoms. The Hall–Kier alpha value is -2.04. The molecule has 2 aromatic carbocycles. The molecule has 1 aliphatic rings. The number of hydrogen-bond acceptors (Lipinski definition) is 4. The summed E-state index contributed by atoms with van der Waals surface area (Å²) in [7, 11) is 1.67. The minimum absolute atomic E-state index is 0.0449. The van der Waals surface area contributed by atoms with Gasteiger partial charge in [0.05, 0.1) is 6.61 Å². The van der Waals surface area contributed by atoms with E-state index in [1.807, 2.05) is 24.3 Å². The molecule has 2 aromatic rings. The summed E-state index contributed by atoms with van der Waals surface area (Å²) in [6, 6.07) is 16.3. The molecule has 0 N–H and O–H groups in total. The van der Waals surface area contributed by atoms with Gasteiger partial charge in [0, 0.05) is 7.11 Å². The van der Waals surface area contributed by atoms with Crippen LogP contribution in [0.1, 0.15) is 11.1 Å². The van der Waals surface area contributed by atoms with Crippen LogP contribution in [0.4, 0.5) is 0 Å². The van der Waals surface area contributed by atoms with Crippen LogP contribution in [0.15, 0.2) is 48.5 Å². The van der Waals surface area contributed by atoms with Crippen molar-refractivity contribution in [2.24, 2.45) is 0 Å². The van der Waals surface area contributed by atoms with E-state index < -0.39 is 0 Å². The highest BCUT2D eigenvalue weighted by Gasteiger charge is 2.24. The Kier molecular flexibility index (Phi) is 4.93. The molecule has 0 saturated carbocycles. The van der Waals surface area contributed by atoms with Crippen LogP contribution in [-0.2, 0) is 15.9 Å². The highest BCUT2D eigenvalue weighted by molar-refractivity contribution is 5.34. The molecular weight excluding hydrogens is 280 g/mol. The van der Waals surface area contributed by atoms with Gasteiger partial charge in [0.2, 0.25) is 6.29 Å². The molecule has 0 spiro atoms. The van der Waals surface area contributed by atoms with E-state index in [0.717, 1.165) is 17.9 Å². The molecule has 22 heavy (non-hydrogen) atoms. The molecule has 116 valence electrons. The third-order valence-electron chi connectivity index (χ3n) is 3.38. The Balaban J connectivity index is 1.53. The summed E-state index contributed by atoms with van der Waals surface area (Å²) in [5.41, 5.74) is 2.50. The number of hydrogen-bond donors (Lipinski definition) is 0. The van der Waals surface area contributed by atoms with Crippen LogP contribution in [0.5, 0.6) is 11.5 Å². The number of methoxy groups -OCH3 is 1. The maximum atomic E-state index is 5.56. The van der Waals surface area contributed by atoms with Gasteiger partial charge in [-0.05, 0) is 41.8 Å². The third kappa shape index (κ3) is 4.48. The fourth-order valence-electron chi connectivity index (χ4n) is 2.13. The molecule has 3 rings (SSSR count). The maximum absolute atomic E-state index is 5.56. The Morgan fingerprint density at radius 3 is 2.05 bits per heavy atom. The lowest BCUT2D eigenvalue weighted by molar-refractivity contribution is 0.146. The van der Waals surface area contributed by atoms with Gasteiger partial charge in [-0.15, -0.1) is 0 Å². The largest absolute Gasteiger partial charge is 0.491 e. The first-order valence-corrected chi connectivity index (χ1v) is 7.41.